The fourth-order valence-corrected chi connectivity index (χ4v) is 2.75. The first-order chi connectivity index (χ1) is 14.3. The highest BCUT2D eigenvalue weighted by atomic mass is 35.5. The van der Waals surface area contributed by atoms with Crippen molar-refractivity contribution in [3.8, 4) is 17.0 Å². The number of benzene rings is 2. The maximum absolute atomic E-state index is 13.1. The Bertz CT molecular complexity index is 1140. The molecule has 1 heterocycles. The zero-order valence-electron chi connectivity index (χ0n) is 16.1. The van der Waals surface area contributed by atoms with Gasteiger partial charge >= 0.3 is 5.69 Å². The molecular weight excluding hydrogens is 411 g/mol. The molecule has 9 heteroatoms. The van der Waals surface area contributed by atoms with E-state index in [1.165, 1.54) is 36.5 Å². The topological polar surface area (TPSA) is 96.4 Å². The molecule has 7 nitrogen and oxygen atoms in total. The van der Waals surface area contributed by atoms with Gasteiger partial charge in [0.2, 0.25) is 0 Å². The monoisotopic (exact) mass is 428 g/mol. The van der Waals surface area contributed by atoms with Crippen molar-refractivity contribution in [3.63, 3.8) is 0 Å². The molecule has 0 atom stereocenters. The lowest BCUT2D eigenvalue weighted by Crippen LogP contribution is -2.24. The lowest BCUT2D eigenvalue weighted by atomic mass is 10.1. The Hall–Kier alpha value is -3.52. The van der Waals surface area contributed by atoms with Crippen LogP contribution in [0.25, 0.3) is 11.3 Å². The lowest BCUT2D eigenvalue weighted by molar-refractivity contribution is 0.0949. The van der Waals surface area contributed by atoms with E-state index >= 15 is 0 Å². The van der Waals surface area contributed by atoms with Crippen molar-refractivity contribution in [1.82, 2.24) is 15.4 Å². The van der Waals surface area contributed by atoms with Gasteiger partial charge in [-0.1, -0.05) is 11.6 Å². The standard InChI is InChI=1S/C21H18ClFN4O3/c1-12(2)30-19-8-3-13(9-16(19)22)11-24-27-20(28)18-10-17(25-21(29)26-18)14-4-6-15(23)7-5-14/h3-12H,1-2H3,(H,27,28)(H,25,26,29)/b24-11+. The Labute approximate surface area is 176 Å². The van der Waals surface area contributed by atoms with Crippen molar-refractivity contribution in [2.24, 2.45) is 5.10 Å². The van der Waals surface area contributed by atoms with Gasteiger partial charge in [-0.25, -0.2) is 14.6 Å². The molecule has 0 saturated carbocycles. The number of hydrogen-bond acceptors (Lipinski definition) is 5. The molecule has 2 N–H and O–H groups in total. The molecule has 0 aliphatic rings. The van der Waals surface area contributed by atoms with Gasteiger partial charge in [0.05, 0.1) is 23.0 Å². The molecule has 0 fully saturated rings. The third-order valence-corrected chi connectivity index (χ3v) is 4.12. The summed E-state index contributed by atoms with van der Waals surface area (Å²) in [4.78, 5) is 30.3. The van der Waals surface area contributed by atoms with E-state index in [1.807, 2.05) is 13.8 Å². The van der Waals surface area contributed by atoms with Crippen LogP contribution in [0, 0.1) is 5.82 Å². The molecule has 3 aromatic rings. The van der Waals surface area contributed by atoms with Crippen molar-refractivity contribution in [3.05, 3.63) is 81.1 Å². The van der Waals surface area contributed by atoms with Gasteiger partial charge < -0.3 is 9.72 Å². The fourth-order valence-electron chi connectivity index (χ4n) is 2.52. The summed E-state index contributed by atoms with van der Waals surface area (Å²) < 4.78 is 18.6. The van der Waals surface area contributed by atoms with Crippen LogP contribution in [0.2, 0.25) is 5.02 Å². The molecular formula is C21H18ClFN4O3. The molecule has 0 saturated heterocycles. The Morgan fingerprint density at radius 2 is 1.97 bits per heavy atom. The Morgan fingerprint density at radius 3 is 2.63 bits per heavy atom. The predicted molar refractivity (Wildman–Crippen MR) is 113 cm³/mol. The van der Waals surface area contributed by atoms with Crippen molar-refractivity contribution in [1.29, 1.82) is 0 Å². The lowest BCUT2D eigenvalue weighted by Gasteiger charge is -2.11. The quantitative estimate of drug-likeness (QED) is 0.461. The SMILES string of the molecule is CC(C)Oc1ccc(/C=N/NC(=O)c2cc(-c3ccc(F)cc3)nc(=O)[nH]2)cc1Cl. The van der Waals surface area contributed by atoms with E-state index in [-0.39, 0.29) is 17.5 Å². The van der Waals surface area contributed by atoms with Crippen molar-refractivity contribution < 1.29 is 13.9 Å². The molecule has 0 aliphatic carbocycles. The smallest absolute Gasteiger partial charge is 0.346 e. The summed E-state index contributed by atoms with van der Waals surface area (Å²) in [6.45, 7) is 3.79. The van der Waals surface area contributed by atoms with Crippen LogP contribution in [0.4, 0.5) is 4.39 Å². The maximum Gasteiger partial charge on any atom is 0.346 e. The minimum atomic E-state index is -0.710. The zero-order valence-corrected chi connectivity index (χ0v) is 16.9. The number of rotatable bonds is 6. The Morgan fingerprint density at radius 1 is 1.23 bits per heavy atom. The number of aromatic amines is 1. The molecule has 0 aliphatic heterocycles. The first-order valence-electron chi connectivity index (χ1n) is 8.99. The van der Waals surface area contributed by atoms with Crippen LogP contribution >= 0.6 is 11.6 Å². The molecule has 0 unspecified atom stereocenters. The van der Waals surface area contributed by atoms with Crippen molar-refractivity contribution >= 4 is 23.7 Å². The van der Waals surface area contributed by atoms with Crippen LogP contribution in [0.5, 0.6) is 5.75 Å². The molecule has 3 rings (SSSR count). The van der Waals surface area contributed by atoms with Crippen molar-refractivity contribution in [2.75, 3.05) is 0 Å². The van der Waals surface area contributed by atoms with Gasteiger partial charge in [0.15, 0.2) is 0 Å². The maximum atomic E-state index is 13.1. The van der Waals surface area contributed by atoms with Crippen LogP contribution in [-0.2, 0) is 0 Å². The molecule has 2 aromatic carbocycles. The number of aromatic nitrogens is 2. The normalized spacial score (nSPS) is 11.1. The minimum Gasteiger partial charge on any atom is -0.489 e. The van der Waals surface area contributed by atoms with Gasteiger partial charge in [-0.2, -0.15) is 10.1 Å². The highest BCUT2D eigenvalue weighted by Gasteiger charge is 2.10. The first-order valence-corrected chi connectivity index (χ1v) is 9.36. The van der Waals surface area contributed by atoms with Gasteiger partial charge in [0.1, 0.15) is 17.3 Å². The van der Waals surface area contributed by atoms with E-state index < -0.39 is 17.4 Å². The van der Waals surface area contributed by atoms with E-state index in [4.69, 9.17) is 16.3 Å². The van der Waals surface area contributed by atoms with Gasteiger partial charge in [0.25, 0.3) is 5.91 Å². The summed E-state index contributed by atoms with van der Waals surface area (Å²) in [5, 5.41) is 4.30. The third-order valence-electron chi connectivity index (χ3n) is 3.83. The minimum absolute atomic E-state index is 0.0105. The number of halogens is 2. The molecule has 30 heavy (non-hydrogen) atoms. The highest BCUT2D eigenvalue weighted by molar-refractivity contribution is 6.32. The fraction of sp³-hybridized carbons (Fsp3) is 0.143. The second-order valence-corrected chi connectivity index (χ2v) is 6.95. The summed E-state index contributed by atoms with van der Waals surface area (Å²) in [6, 6.07) is 11.9. The summed E-state index contributed by atoms with van der Waals surface area (Å²) in [7, 11) is 0. The van der Waals surface area contributed by atoms with E-state index in [2.05, 4.69) is 20.5 Å². The molecule has 0 bridgehead atoms. The number of nitrogens with one attached hydrogen (secondary N) is 2. The van der Waals surface area contributed by atoms with Gasteiger partial charge in [0, 0.05) is 5.56 Å². The second-order valence-electron chi connectivity index (χ2n) is 6.55. The summed E-state index contributed by atoms with van der Waals surface area (Å²) in [5.41, 5.74) is 2.96. The number of amides is 1. The van der Waals surface area contributed by atoms with Crippen LogP contribution in [-0.4, -0.2) is 28.2 Å². The van der Waals surface area contributed by atoms with Crippen LogP contribution in [0.15, 0.2) is 58.4 Å². The molecule has 0 spiro atoms. The van der Waals surface area contributed by atoms with Crippen molar-refractivity contribution in [2.45, 2.75) is 20.0 Å². The summed E-state index contributed by atoms with van der Waals surface area (Å²) in [6.07, 6.45) is 1.40. The number of carbonyl (C=O) groups excluding carboxylic acids is 1. The van der Waals surface area contributed by atoms with Crippen LogP contribution in [0.3, 0.4) is 0 Å². The molecule has 1 amide bonds. The number of hydrazone groups is 1. The first kappa shape index (κ1) is 21.2. The van der Waals surface area contributed by atoms with E-state index in [9.17, 15) is 14.0 Å². The highest BCUT2D eigenvalue weighted by Crippen LogP contribution is 2.25. The average molecular weight is 429 g/mol. The molecule has 154 valence electrons. The molecule has 1 aromatic heterocycles. The number of ether oxygens (including phenoxy) is 1. The van der Waals surface area contributed by atoms with Gasteiger partial charge in [-0.05, 0) is 67.9 Å². The summed E-state index contributed by atoms with van der Waals surface area (Å²) in [5.74, 6) is -0.504. The van der Waals surface area contributed by atoms with Crippen LogP contribution < -0.4 is 15.9 Å². The third kappa shape index (κ3) is 5.51. The van der Waals surface area contributed by atoms with Crippen LogP contribution in [0.1, 0.15) is 29.9 Å². The van der Waals surface area contributed by atoms with Gasteiger partial charge in [-0.3, -0.25) is 4.79 Å². The van der Waals surface area contributed by atoms with E-state index in [1.54, 1.807) is 18.2 Å². The number of carbonyl (C=O) groups is 1. The zero-order chi connectivity index (χ0) is 21.7. The van der Waals surface area contributed by atoms with E-state index in [0.717, 1.165) is 0 Å². The average Bonchev–Trinajstić information content (AvgIpc) is 2.69. The Kier molecular flexibility index (Phi) is 6.58. The van der Waals surface area contributed by atoms with Gasteiger partial charge in [-0.15, -0.1) is 0 Å². The van der Waals surface area contributed by atoms with E-state index in [0.29, 0.717) is 21.9 Å². The largest absolute Gasteiger partial charge is 0.489 e. The predicted octanol–water partition coefficient (Wildman–Crippen LogP) is 3.78. The summed E-state index contributed by atoms with van der Waals surface area (Å²) >= 11 is 6.17. The number of hydrogen-bond donors (Lipinski definition) is 2. The second kappa shape index (κ2) is 9.32. The Balaban J connectivity index is 1.72. The number of H-pyrrole nitrogens is 1. The number of nitrogens with zero attached hydrogens (tertiary/aromatic N) is 2. The molecule has 0 radical (unpaired) electrons.